The van der Waals surface area contributed by atoms with Gasteiger partial charge in [-0.05, 0) is 30.7 Å². The summed E-state index contributed by atoms with van der Waals surface area (Å²) in [6, 6.07) is 8.05. The summed E-state index contributed by atoms with van der Waals surface area (Å²) in [5, 5.41) is 12.1. The number of amides is 1. The number of rotatable bonds is 6. The number of carboxylic acids is 1. The third-order valence-corrected chi connectivity index (χ3v) is 4.59. The third kappa shape index (κ3) is 4.86. The standard InChI is InChI=1S/C18H25NO3/c1-14-5-7-15(8-6-14)13-19-16(20)11-18(12-17(21)22)9-3-2-4-10-18/h5-8H,2-4,9-13H2,1H3,(H,19,20)(H,21,22). The van der Waals surface area contributed by atoms with Crippen LogP contribution in [0.1, 0.15) is 56.1 Å². The van der Waals surface area contributed by atoms with E-state index in [0.29, 0.717) is 13.0 Å². The predicted molar refractivity (Wildman–Crippen MR) is 85.4 cm³/mol. The molecule has 22 heavy (non-hydrogen) atoms. The van der Waals surface area contributed by atoms with Crippen LogP contribution in [-0.4, -0.2) is 17.0 Å². The number of aryl methyl sites for hydroxylation is 1. The lowest BCUT2D eigenvalue weighted by atomic mass is 9.69. The van der Waals surface area contributed by atoms with E-state index in [1.165, 1.54) is 5.56 Å². The van der Waals surface area contributed by atoms with Crippen LogP contribution in [0.25, 0.3) is 0 Å². The summed E-state index contributed by atoms with van der Waals surface area (Å²) in [5.41, 5.74) is 1.91. The van der Waals surface area contributed by atoms with Gasteiger partial charge in [-0.1, -0.05) is 49.1 Å². The van der Waals surface area contributed by atoms with Crippen molar-refractivity contribution >= 4 is 11.9 Å². The molecule has 1 aromatic rings. The molecule has 0 bridgehead atoms. The van der Waals surface area contributed by atoms with E-state index < -0.39 is 5.97 Å². The summed E-state index contributed by atoms with van der Waals surface area (Å²) >= 11 is 0. The SMILES string of the molecule is Cc1ccc(CNC(=O)CC2(CC(=O)O)CCCCC2)cc1. The predicted octanol–water partition coefficient (Wildman–Crippen LogP) is 3.43. The molecular formula is C18H25NO3. The second-order valence-corrected chi connectivity index (χ2v) is 6.57. The van der Waals surface area contributed by atoms with Crippen LogP contribution in [-0.2, 0) is 16.1 Å². The number of nitrogens with one attached hydrogen (secondary N) is 1. The minimum absolute atomic E-state index is 0.0382. The first-order valence-corrected chi connectivity index (χ1v) is 8.03. The molecule has 1 saturated carbocycles. The smallest absolute Gasteiger partial charge is 0.303 e. The summed E-state index contributed by atoms with van der Waals surface area (Å²) in [7, 11) is 0. The number of hydrogen-bond acceptors (Lipinski definition) is 2. The second-order valence-electron chi connectivity index (χ2n) is 6.57. The van der Waals surface area contributed by atoms with Gasteiger partial charge in [0.2, 0.25) is 5.91 Å². The molecule has 1 aliphatic carbocycles. The highest BCUT2D eigenvalue weighted by Gasteiger charge is 2.36. The summed E-state index contributed by atoms with van der Waals surface area (Å²) in [5.74, 6) is -0.836. The Bertz CT molecular complexity index is 516. The van der Waals surface area contributed by atoms with Gasteiger partial charge >= 0.3 is 5.97 Å². The molecule has 0 saturated heterocycles. The first-order valence-electron chi connectivity index (χ1n) is 8.03. The molecule has 0 heterocycles. The number of carbonyl (C=O) groups excluding carboxylic acids is 1. The van der Waals surface area contributed by atoms with Gasteiger partial charge in [-0.15, -0.1) is 0 Å². The zero-order valence-corrected chi connectivity index (χ0v) is 13.2. The Hall–Kier alpha value is -1.84. The van der Waals surface area contributed by atoms with E-state index in [9.17, 15) is 9.59 Å². The molecule has 1 aromatic carbocycles. The summed E-state index contributed by atoms with van der Waals surface area (Å²) < 4.78 is 0. The molecule has 1 fully saturated rings. The summed E-state index contributed by atoms with van der Waals surface area (Å²) in [6.07, 6.45) is 5.31. The largest absolute Gasteiger partial charge is 0.481 e. The maximum atomic E-state index is 12.2. The van der Waals surface area contributed by atoms with Gasteiger partial charge in [0.25, 0.3) is 0 Å². The molecular weight excluding hydrogens is 278 g/mol. The topological polar surface area (TPSA) is 66.4 Å². The molecule has 1 amide bonds. The van der Waals surface area contributed by atoms with Gasteiger partial charge in [-0.2, -0.15) is 0 Å². The quantitative estimate of drug-likeness (QED) is 0.846. The Morgan fingerprint density at radius 3 is 2.32 bits per heavy atom. The van der Waals surface area contributed by atoms with E-state index in [1.54, 1.807) is 0 Å². The lowest BCUT2D eigenvalue weighted by Crippen LogP contribution is -2.35. The van der Waals surface area contributed by atoms with Gasteiger partial charge in [0, 0.05) is 13.0 Å². The van der Waals surface area contributed by atoms with Crippen LogP contribution >= 0.6 is 0 Å². The molecule has 0 aliphatic heterocycles. The molecule has 4 nitrogen and oxygen atoms in total. The molecule has 0 atom stereocenters. The molecule has 0 unspecified atom stereocenters. The van der Waals surface area contributed by atoms with Gasteiger partial charge in [-0.25, -0.2) is 0 Å². The van der Waals surface area contributed by atoms with Crippen molar-refractivity contribution in [1.82, 2.24) is 5.32 Å². The van der Waals surface area contributed by atoms with E-state index in [0.717, 1.165) is 37.7 Å². The number of hydrogen-bond donors (Lipinski definition) is 2. The number of aliphatic carboxylic acids is 1. The van der Waals surface area contributed by atoms with Gasteiger partial charge in [-0.3, -0.25) is 9.59 Å². The molecule has 120 valence electrons. The minimum atomic E-state index is -0.798. The highest BCUT2D eigenvalue weighted by atomic mass is 16.4. The lowest BCUT2D eigenvalue weighted by Gasteiger charge is -2.35. The van der Waals surface area contributed by atoms with Gasteiger partial charge in [0.05, 0.1) is 6.42 Å². The van der Waals surface area contributed by atoms with E-state index >= 15 is 0 Å². The maximum Gasteiger partial charge on any atom is 0.303 e. The normalized spacial score (nSPS) is 17.0. The molecule has 0 spiro atoms. The van der Waals surface area contributed by atoms with Crippen molar-refractivity contribution < 1.29 is 14.7 Å². The van der Waals surface area contributed by atoms with Crippen LogP contribution in [0.4, 0.5) is 0 Å². The third-order valence-electron chi connectivity index (χ3n) is 4.59. The minimum Gasteiger partial charge on any atom is -0.481 e. The zero-order valence-electron chi connectivity index (χ0n) is 13.2. The van der Waals surface area contributed by atoms with Crippen LogP contribution < -0.4 is 5.32 Å². The van der Waals surface area contributed by atoms with Crippen molar-refractivity contribution in [2.75, 3.05) is 0 Å². The average Bonchev–Trinajstić information content (AvgIpc) is 2.46. The van der Waals surface area contributed by atoms with Gasteiger partial charge in [0.1, 0.15) is 0 Å². The Morgan fingerprint density at radius 1 is 1.09 bits per heavy atom. The van der Waals surface area contributed by atoms with Crippen LogP contribution in [0, 0.1) is 12.3 Å². The van der Waals surface area contributed by atoms with E-state index in [2.05, 4.69) is 5.32 Å². The zero-order chi connectivity index (χ0) is 16.0. The van der Waals surface area contributed by atoms with Crippen LogP contribution in [0.5, 0.6) is 0 Å². The first kappa shape index (κ1) is 16.5. The fourth-order valence-electron chi connectivity index (χ4n) is 3.35. The number of carboxylic acid groups (broad SMARTS) is 1. The molecule has 0 aromatic heterocycles. The van der Waals surface area contributed by atoms with Crippen LogP contribution in [0.2, 0.25) is 0 Å². The highest BCUT2D eigenvalue weighted by Crippen LogP contribution is 2.42. The van der Waals surface area contributed by atoms with Gasteiger partial charge in [0.15, 0.2) is 0 Å². The summed E-state index contributed by atoms with van der Waals surface area (Å²) in [4.78, 5) is 23.4. The van der Waals surface area contributed by atoms with E-state index in [4.69, 9.17) is 5.11 Å². The van der Waals surface area contributed by atoms with Crippen molar-refractivity contribution in [3.8, 4) is 0 Å². The Balaban J connectivity index is 1.90. The fraction of sp³-hybridized carbons (Fsp3) is 0.556. The Labute approximate surface area is 131 Å². The van der Waals surface area contributed by atoms with Crippen molar-refractivity contribution in [2.45, 2.75) is 58.4 Å². The number of benzene rings is 1. The Morgan fingerprint density at radius 2 is 1.73 bits per heavy atom. The summed E-state index contributed by atoms with van der Waals surface area (Å²) in [6.45, 7) is 2.53. The molecule has 4 heteroatoms. The molecule has 2 N–H and O–H groups in total. The highest BCUT2D eigenvalue weighted by molar-refractivity contribution is 5.78. The maximum absolute atomic E-state index is 12.2. The lowest BCUT2D eigenvalue weighted by molar-refractivity contribution is -0.141. The average molecular weight is 303 g/mol. The van der Waals surface area contributed by atoms with E-state index in [-0.39, 0.29) is 17.7 Å². The van der Waals surface area contributed by atoms with Crippen molar-refractivity contribution in [3.05, 3.63) is 35.4 Å². The van der Waals surface area contributed by atoms with Crippen molar-refractivity contribution in [1.29, 1.82) is 0 Å². The van der Waals surface area contributed by atoms with Crippen LogP contribution in [0.3, 0.4) is 0 Å². The molecule has 1 aliphatic rings. The molecule has 2 rings (SSSR count). The second kappa shape index (κ2) is 7.43. The van der Waals surface area contributed by atoms with Crippen molar-refractivity contribution in [2.24, 2.45) is 5.41 Å². The van der Waals surface area contributed by atoms with Crippen LogP contribution in [0.15, 0.2) is 24.3 Å². The monoisotopic (exact) mass is 303 g/mol. The first-order chi connectivity index (χ1) is 10.5. The van der Waals surface area contributed by atoms with Gasteiger partial charge < -0.3 is 10.4 Å². The van der Waals surface area contributed by atoms with Crippen molar-refractivity contribution in [3.63, 3.8) is 0 Å². The van der Waals surface area contributed by atoms with E-state index in [1.807, 2.05) is 31.2 Å². The number of carbonyl (C=O) groups is 2. The Kier molecular flexibility index (Phi) is 5.58. The fourth-order valence-corrected chi connectivity index (χ4v) is 3.35. The molecule has 0 radical (unpaired) electrons.